The fourth-order valence-electron chi connectivity index (χ4n) is 2.19. The zero-order chi connectivity index (χ0) is 12.5. The molecule has 0 aliphatic carbocycles. The van der Waals surface area contributed by atoms with Crippen molar-refractivity contribution >= 4 is 6.09 Å². The first-order chi connectivity index (χ1) is 7.29. The number of amides is 1. The van der Waals surface area contributed by atoms with Crippen LogP contribution in [0.2, 0.25) is 0 Å². The van der Waals surface area contributed by atoms with Crippen LogP contribution in [0.4, 0.5) is 4.79 Å². The van der Waals surface area contributed by atoms with Gasteiger partial charge in [0, 0.05) is 4.91 Å². The molecule has 0 spiro atoms. The van der Waals surface area contributed by atoms with Gasteiger partial charge in [0.25, 0.3) is 0 Å². The van der Waals surface area contributed by atoms with Gasteiger partial charge >= 0.3 is 6.09 Å². The van der Waals surface area contributed by atoms with Crippen LogP contribution >= 0.6 is 0 Å². The van der Waals surface area contributed by atoms with Crippen LogP contribution in [0.25, 0.3) is 10.4 Å². The summed E-state index contributed by atoms with van der Waals surface area (Å²) in [5.74, 6) is 0. The van der Waals surface area contributed by atoms with Gasteiger partial charge in [0.05, 0.1) is 24.7 Å². The summed E-state index contributed by atoms with van der Waals surface area (Å²) < 4.78 is 0. The molecule has 1 saturated heterocycles. The van der Waals surface area contributed by atoms with Crippen molar-refractivity contribution < 1.29 is 15.0 Å². The van der Waals surface area contributed by atoms with Gasteiger partial charge in [-0.3, -0.25) is 0 Å². The lowest BCUT2D eigenvalue weighted by Crippen LogP contribution is -2.47. The Balaban J connectivity index is 3.09. The van der Waals surface area contributed by atoms with Crippen LogP contribution < -0.4 is 0 Å². The highest BCUT2D eigenvalue weighted by atomic mass is 16.4. The third-order valence-corrected chi connectivity index (χ3v) is 2.76. The molecule has 0 aromatic heterocycles. The Hall–Kier alpha value is -1.46. The van der Waals surface area contributed by atoms with Gasteiger partial charge < -0.3 is 15.1 Å². The maximum Gasteiger partial charge on any atom is 0.407 e. The molecule has 1 aliphatic heterocycles. The summed E-state index contributed by atoms with van der Waals surface area (Å²) in [6.45, 7) is 5.55. The topological polar surface area (TPSA) is 110 Å². The molecule has 1 fully saturated rings. The summed E-state index contributed by atoms with van der Waals surface area (Å²) in [4.78, 5) is 14.8. The van der Waals surface area contributed by atoms with Crippen molar-refractivity contribution in [3.8, 4) is 0 Å². The van der Waals surface area contributed by atoms with E-state index in [9.17, 15) is 9.90 Å². The molecular weight excluding hydrogens is 212 g/mol. The van der Waals surface area contributed by atoms with Gasteiger partial charge in [-0.15, -0.1) is 0 Å². The largest absolute Gasteiger partial charge is 0.465 e. The number of aliphatic hydroxyl groups is 1. The number of carboxylic acid groups (broad SMARTS) is 1. The van der Waals surface area contributed by atoms with E-state index in [4.69, 9.17) is 10.6 Å². The Labute approximate surface area is 93.3 Å². The first kappa shape index (κ1) is 12.6. The minimum atomic E-state index is -1.10. The Morgan fingerprint density at radius 2 is 2.12 bits per heavy atom. The number of likely N-dealkylation sites (tertiary alicyclic amines) is 1. The average molecular weight is 228 g/mol. The zero-order valence-corrected chi connectivity index (χ0v) is 9.53. The molecule has 90 valence electrons. The van der Waals surface area contributed by atoms with E-state index in [-0.39, 0.29) is 6.54 Å². The van der Waals surface area contributed by atoms with E-state index in [0.29, 0.717) is 0 Å². The first-order valence-corrected chi connectivity index (χ1v) is 5.01. The summed E-state index contributed by atoms with van der Waals surface area (Å²) in [7, 11) is 0. The van der Waals surface area contributed by atoms with E-state index >= 15 is 0 Å². The molecule has 0 bridgehead atoms. The average Bonchev–Trinajstić information content (AvgIpc) is 2.44. The van der Waals surface area contributed by atoms with Crippen molar-refractivity contribution in [2.45, 2.75) is 39.0 Å². The first-order valence-electron chi connectivity index (χ1n) is 5.01. The minimum Gasteiger partial charge on any atom is -0.465 e. The number of hydrogen-bond acceptors (Lipinski definition) is 3. The number of nitrogens with zero attached hydrogens (tertiary/aromatic N) is 4. The number of hydrogen-bond donors (Lipinski definition) is 2. The van der Waals surface area contributed by atoms with E-state index < -0.39 is 29.7 Å². The maximum atomic E-state index is 11.0. The molecule has 0 aromatic carbocycles. The van der Waals surface area contributed by atoms with Crippen LogP contribution in [0, 0.1) is 5.41 Å². The molecule has 7 nitrogen and oxygen atoms in total. The van der Waals surface area contributed by atoms with Crippen LogP contribution in [-0.4, -0.2) is 45.9 Å². The van der Waals surface area contributed by atoms with E-state index in [1.54, 1.807) is 0 Å². The fourth-order valence-corrected chi connectivity index (χ4v) is 2.19. The smallest absolute Gasteiger partial charge is 0.407 e. The Bertz CT molecular complexity index is 332. The molecule has 1 aliphatic rings. The molecule has 0 radical (unpaired) electrons. The zero-order valence-electron chi connectivity index (χ0n) is 9.53. The molecule has 3 atom stereocenters. The highest BCUT2D eigenvalue weighted by Crippen LogP contribution is 2.35. The van der Waals surface area contributed by atoms with Crippen molar-refractivity contribution in [3.05, 3.63) is 10.4 Å². The minimum absolute atomic E-state index is 0.0129. The lowest BCUT2D eigenvalue weighted by molar-refractivity contribution is 0.102. The van der Waals surface area contributed by atoms with Gasteiger partial charge in [-0.25, -0.2) is 4.79 Å². The highest BCUT2D eigenvalue weighted by Gasteiger charge is 2.48. The second kappa shape index (κ2) is 4.19. The molecule has 1 amide bonds. The summed E-state index contributed by atoms with van der Waals surface area (Å²) in [6.07, 6.45) is -2.04. The molecule has 16 heavy (non-hydrogen) atoms. The van der Waals surface area contributed by atoms with Gasteiger partial charge in [0.15, 0.2) is 0 Å². The molecule has 0 saturated carbocycles. The van der Waals surface area contributed by atoms with Gasteiger partial charge in [0.2, 0.25) is 0 Å². The van der Waals surface area contributed by atoms with Crippen molar-refractivity contribution in [1.29, 1.82) is 0 Å². The van der Waals surface area contributed by atoms with Crippen molar-refractivity contribution in [2.75, 3.05) is 6.54 Å². The normalized spacial score (nSPS) is 30.0. The fraction of sp³-hybridized carbons (Fsp3) is 0.889. The second-order valence-corrected chi connectivity index (χ2v) is 5.01. The summed E-state index contributed by atoms with van der Waals surface area (Å²) in [5, 5.41) is 22.2. The van der Waals surface area contributed by atoms with Gasteiger partial charge in [-0.1, -0.05) is 25.9 Å². The number of aliphatic hydroxyl groups excluding tert-OH is 1. The summed E-state index contributed by atoms with van der Waals surface area (Å²) in [5.41, 5.74) is 8.04. The van der Waals surface area contributed by atoms with Crippen LogP contribution in [0.5, 0.6) is 0 Å². The summed E-state index contributed by atoms with van der Waals surface area (Å²) in [6, 6.07) is -1.23. The Morgan fingerprint density at radius 1 is 1.56 bits per heavy atom. The number of carbonyl (C=O) groups is 1. The van der Waals surface area contributed by atoms with Crippen LogP contribution in [-0.2, 0) is 0 Å². The Morgan fingerprint density at radius 3 is 2.50 bits per heavy atom. The SMILES string of the molecule is CC(C)(C)C1[C@@H](N=[N+]=[N-])[C@H](O)CN1C(=O)O. The molecule has 1 unspecified atom stereocenters. The van der Waals surface area contributed by atoms with E-state index in [1.807, 2.05) is 20.8 Å². The standard InChI is InChI=1S/C9H16N4O3/c1-9(2,3)7-6(11-12-10)5(14)4-13(7)8(15)16/h5-7,14H,4H2,1-3H3,(H,15,16)/t5-,6+,7?/m1/s1. The van der Waals surface area contributed by atoms with E-state index in [1.165, 1.54) is 0 Å². The Kier molecular flexibility index (Phi) is 3.30. The maximum absolute atomic E-state index is 11.0. The van der Waals surface area contributed by atoms with Crippen molar-refractivity contribution in [3.63, 3.8) is 0 Å². The van der Waals surface area contributed by atoms with Crippen molar-refractivity contribution in [2.24, 2.45) is 10.5 Å². The lowest BCUT2D eigenvalue weighted by atomic mass is 9.82. The quantitative estimate of drug-likeness (QED) is 0.402. The number of azide groups is 1. The number of rotatable bonds is 1. The molecule has 7 heteroatoms. The lowest BCUT2D eigenvalue weighted by Gasteiger charge is -2.35. The van der Waals surface area contributed by atoms with E-state index in [0.717, 1.165) is 4.90 Å². The van der Waals surface area contributed by atoms with Gasteiger partial charge in [-0.2, -0.15) is 0 Å². The van der Waals surface area contributed by atoms with Crippen molar-refractivity contribution in [1.82, 2.24) is 4.90 Å². The van der Waals surface area contributed by atoms with Crippen LogP contribution in [0.15, 0.2) is 5.11 Å². The third kappa shape index (κ3) is 2.20. The number of β-amino-alcohol motifs (C(OH)–C–C–N with tert-alkyl or cyclic N) is 1. The predicted molar refractivity (Wildman–Crippen MR) is 56.9 cm³/mol. The van der Waals surface area contributed by atoms with Crippen LogP contribution in [0.1, 0.15) is 20.8 Å². The summed E-state index contributed by atoms with van der Waals surface area (Å²) >= 11 is 0. The monoisotopic (exact) mass is 228 g/mol. The highest BCUT2D eigenvalue weighted by molar-refractivity contribution is 5.66. The van der Waals surface area contributed by atoms with Gasteiger partial charge in [0.1, 0.15) is 0 Å². The molecule has 1 rings (SSSR count). The molecule has 1 heterocycles. The van der Waals surface area contributed by atoms with E-state index in [2.05, 4.69) is 10.0 Å². The predicted octanol–water partition coefficient (Wildman–Crippen LogP) is 1.43. The van der Waals surface area contributed by atoms with Crippen LogP contribution in [0.3, 0.4) is 0 Å². The third-order valence-electron chi connectivity index (χ3n) is 2.76. The second-order valence-electron chi connectivity index (χ2n) is 5.01. The molecular formula is C9H16N4O3. The molecule has 2 N–H and O–H groups in total. The van der Waals surface area contributed by atoms with Gasteiger partial charge in [-0.05, 0) is 10.9 Å². The molecule has 0 aromatic rings.